The van der Waals surface area contributed by atoms with Crippen molar-refractivity contribution < 1.29 is 9.18 Å². The highest BCUT2D eigenvalue weighted by molar-refractivity contribution is 6.35. The summed E-state index contributed by atoms with van der Waals surface area (Å²) in [4.78, 5) is 18.4. The Balaban J connectivity index is 1.90. The molecular formula is C16H12Cl2FN3O. The van der Waals surface area contributed by atoms with Gasteiger partial charge in [0, 0.05) is 23.7 Å². The molecule has 1 N–H and O–H groups in total. The number of hydrogen-bond donors (Lipinski definition) is 1. The Morgan fingerprint density at radius 1 is 1.17 bits per heavy atom. The second-order valence-electron chi connectivity index (χ2n) is 4.92. The summed E-state index contributed by atoms with van der Waals surface area (Å²) >= 11 is 12.0. The predicted octanol–water partition coefficient (Wildman–Crippen LogP) is 3.87. The maximum atomic E-state index is 13.0. The second kappa shape index (κ2) is 6.56. The van der Waals surface area contributed by atoms with Crippen LogP contribution in [0.4, 0.5) is 10.1 Å². The lowest BCUT2D eigenvalue weighted by molar-refractivity contribution is 0.0859. The SMILES string of the molecule is O=C(c1ccc(F)cc1)N1CCNC1=Nc1cc(Cl)ccc1Cl. The van der Waals surface area contributed by atoms with E-state index in [2.05, 4.69) is 10.3 Å². The molecule has 1 amide bonds. The minimum atomic E-state index is -0.388. The molecular weight excluding hydrogens is 340 g/mol. The van der Waals surface area contributed by atoms with Gasteiger partial charge in [0.1, 0.15) is 5.82 Å². The largest absolute Gasteiger partial charge is 0.354 e. The third kappa shape index (κ3) is 3.46. The fourth-order valence-corrected chi connectivity index (χ4v) is 2.54. The Morgan fingerprint density at radius 2 is 1.91 bits per heavy atom. The van der Waals surface area contributed by atoms with E-state index in [4.69, 9.17) is 23.2 Å². The number of guanidine groups is 1. The van der Waals surface area contributed by atoms with Crippen LogP contribution in [-0.4, -0.2) is 29.9 Å². The van der Waals surface area contributed by atoms with Gasteiger partial charge in [0.25, 0.3) is 5.91 Å². The first-order valence-electron chi connectivity index (χ1n) is 6.89. The fourth-order valence-electron chi connectivity index (χ4n) is 2.21. The molecule has 0 aliphatic carbocycles. The van der Waals surface area contributed by atoms with Crippen LogP contribution >= 0.6 is 23.2 Å². The Labute approximate surface area is 142 Å². The average Bonchev–Trinajstić information content (AvgIpc) is 2.99. The normalized spacial score (nSPS) is 15.8. The molecule has 0 unspecified atom stereocenters. The zero-order valence-corrected chi connectivity index (χ0v) is 13.4. The zero-order chi connectivity index (χ0) is 16.4. The summed E-state index contributed by atoms with van der Waals surface area (Å²) in [5.74, 6) is -0.254. The van der Waals surface area contributed by atoms with E-state index in [0.717, 1.165) is 0 Å². The number of benzene rings is 2. The molecule has 0 saturated carbocycles. The van der Waals surface area contributed by atoms with Gasteiger partial charge in [-0.1, -0.05) is 23.2 Å². The summed E-state index contributed by atoms with van der Waals surface area (Å²) in [5, 5.41) is 3.98. The number of nitrogens with zero attached hydrogens (tertiary/aromatic N) is 2. The van der Waals surface area contributed by atoms with E-state index in [-0.39, 0.29) is 11.7 Å². The Morgan fingerprint density at radius 3 is 2.65 bits per heavy atom. The highest BCUT2D eigenvalue weighted by Crippen LogP contribution is 2.28. The van der Waals surface area contributed by atoms with Gasteiger partial charge >= 0.3 is 0 Å². The average molecular weight is 352 g/mol. The predicted molar refractivity (Wildman–Crippen MR) is 89.0 cm³/mol. The van der Waals surface area contributed by atoms with Crippen molar-refractivity contribution in [1.82, 2.24) is 10.2 Å². The van der Waals surface area contributed by atoms with Gasteiger partial charge in [-0.3, -0.25) is 9.69 Å². The molecule has 7 heteroatoms. The van der Waals surface area contributed by atoms with E-state index < -0.39 is 0 Å². The van der Waals surface area contributed by atoms with Gasteiger partial charge in [-0.05, 0) is 42.5 Å². The van der Waals surface area contributed by atoms with E-state index >= 15 is 0 Å². The van der Waals surface area contributed by atoms with E-state index in [1.807, 2.05) is 0 Å². The van der Waals surface area contributed by atoms with Gasteiger partial charge in [-0.15, -0.1) is 0 Å². The van der Waals surface area contributed by atoms with Crippen molar-refractivity contribution in [3.8, 4) is 0 Å². The number of nitrogens with one attached hydrogen (secondary N) is 1. The first kappa shape index (κ1) is 15.8. The molecule has 0 aromatic heterocycles. The molecule has 0 spiro atoms. The number of rotatable bonds is 2. The Bertz CT molecular complexity index is 777. The minimum absolute atomic E-state index is 0.257. The van der Waals surface area contributed by atoms with Crippen LogP contribution in [-0.2, 0) is 0 Å². The lowest BCUT2D eigenvalue weighted by atomic mass is 10.2. The summed E-state index contributed by atoms with van der Waals surface area (Å²) in [7, 11) is 0. The number of carbonyl (C=O) groups is 1. The molecule has 0 radical (unpaired) electrons. The van der Waals surface area contributed by atoms with Crippen LogP contribution in [0.15, 0.2) is 47.5 Å². The molecule has 118 valence electrons. The molecule has 0 atom stereocenters. The van der Waals surface area contributed by atoms with Crippen molar-refractivity contribution in [2.24, 2.45) is 4.99 Å². The third-order valence-corrected chi connectivity index (χ3v) is 3.90. The molecule has 23 heavy (non-hydrogen) atoms. The number of halogens is 3. The first-order valence-corrected chi connectivity index (χ1v) is 7.65. The second-order valence-corrected chi connectivity index (χ2v) is 5.77. The van der Waals surface area contributed by atoms with Gasteiger partial charge in [0.05, 0.1) is 10.7 Å². The van der Waals surface area contributed by atoms with Crippen molar-refractivity contribution in [1.29, 1.82) is 0 Å². The van der Waals surface area contributed by atoms with Gasteiger partial charge in [0.15, 0.2) is 0 Å². The summed E-state index contributed by atoms with van der Waals surface area (Å²) in [6, 6.07) is 10.3. The Kier molecular flexibility index (Phi) is 4.50. The van der Waals surface area contributed by atoms with E-state index in [0.29, 0.717) is 40.3 Å². The van der Waals surface area contributed by atoms with Crippen molar-refractivity contribution in [2.75, 3.05) is 13.1 Å². The highest BCUT2D eigenvalue weighted by Gasteiger charge is 2.26. The minimum Gasteiger partial charge on any atom is -0.354 e. The van der Waals surface area contributed by atoms with E-state index in [1.165, 1.54) is 29.2 Å². The van der Waals surface area contributed by atoms with E-state index in [9.17, 15) is 9.18 Å². The summed E-state index contributed by atoms with van der Waals surface area (Å²) in [6.45, 7) is 1.04. The van der Waals surface area contributed by atoms with Crippen LogP contribution in [0.1, 0.15) is 10.4 Å². The maximum Gasteiger partial charge on any atom is 0.260 e. The van der Waals surface area contributed by atoms with Crippen molar-refractivity contribution in [2.45, 2.75) is 0 Å². The standard InChI is InChI=1S/C16H12Cl2FN3O/c17-11-3-6-13(18)14(9-11)21-16-20-7-8-22(16)15(23)10-1-4-12(19)5-2-10/h1-6,9H,7-8H2,(H,20,21). The first-order chi connectivity index (χ1) is 11.0. The quantitative estimate of drug-likeness (QED) is 0.892. The molecule has 1 aliphatic heterocycles. The topological polar surface area (TPSA) is 44.7 Å². The van der Waals surface area contributed by atoms with Crippen LogP contribution in [0.25, 0.3) is 0 Å². The third-order valence-electron chi connectivity index (χ3n) is 3.35. The van der Waals surface area contributed by atoms with Gasteiger partial charge in [-0.25, -0.2) is 9.38 Å². The molecule has 2 aromatic rings. The lowest BCUT2D eigenvalue weighted by Gasteiger charge is -2.16. The van der Waals surface area contributed by atoms with Gasteiger partial charge in [0.2, 0.25) is 5.96 Å². The van der Waals surface area contributed by atoms with Crippen molar-refractivity contribution in [3.63, 3.8) is 0 Å². The number of carbonyl (C=O) groups excluding carboxylic acids is 1. The summed E-state index contributed by atoms with van der Waals surface area (Å²) < 4.78 is 13.0. The molecule has 4 nitrogen and oxygen atoms in total. The van der Waals surface area contributed by atoms with E-state index in [1.54, 1.807) is 18.2 Å². The number of aliphatic imine (C=N–C) groups is 1. The molecule has 1 aliphatic rings. The van der Waals surface area contributed by atoms with Crippen LogP contribution in [0.5, 0.6) is 0 Å². The smallest absolute Gasteiger partial charge is 0.260 e. The number of amides is 1. The van der Waals surface area contributed by atoms with Crippen molar-refractivity contribution >= 4 is 40.8 Å². The summed E-state index contributed by atoms with van der Waals surface area (Å²) in [5.41, 5.74) is 0.862. The molecule has 1 heterocycles. The van der Waals surface area contributed by atoms with Crippen LogP contribution in [0.3, 0.4) is 0 Å². The maximum absolute atomic E-state index is 13.0. The highest BCUT2D eigenvalue weighted by atomic mass is 35.5. The van der Waals surface area contributed by atoms with Gasteiger partial charge < -0.3 is 5.32 Å². The molecule has 0 bridgehead atoms. The summed E-state index contributed by atoms with van der Waals surface area (Å²) in [6.07, 6.45) is 0. The van der Waals surface area contributed by atoms with Crippen LogP contribution in [0, 0.1) is 5.82 Å². The van der Waals surface area contributed by atoms with Gasteiger partial charge in [-0.2, -0.15) is 0 Å². The lowest BCUT2D eigenvalue weighted by Crippen LogP contribution is -2.35. The zero-order valence-electron chi connectivity index (χ0n) is 11.9. The molecule has 1 fully saturated rings. The van der Waals surface area contributed by atoms with Crippen molar-refractivity contribution in [3.05, 3.63) is 63.9 Å². The Hall–Kier alpha value is -2.11. The monoisotopic (exact) mass is 351 g/mol. The van der Waals surface area contributed by atoms with Crippen LogP contribution in [0.2, 0.25) is 10.0 Å². The number of hydrogen-bond acceptors (Lipinski definition) is 2. The molecule has 3 rings (SSSR count). The molecule has 1 saturated heterocycles. The van der Waals surface area contributed by atoms with Crippen LogP contribution < -0.4 is 5.32 Å². The fraction of sp³-hybridized carbons (Fsp3) is 0.125. The molecule has 2 aromatic carbocycles.